The molecule has 0 saturated heterocycles. The van der Waals surface area contributed by atoms with Gasteiger partial charge in [0.2, 0.25) is 0 Å². The van der Waals surface area contributed by atoms with Gasteiger partial charge >= 0.3 is 5.97 Å². The van der Waals surface area contributed by atoms with Gasteiger partial charge in [-0.25, -0.2) is 4.79 Å². The van der Waals surface area contributed by atoms with Gasteiger partial charge in [0, 0.05) is 11.5 Å². The number of hydrogen-bond acceptors (Lipinski definition) is 3. The molecular formula is C7H12O4. The topological polar surface area (TPSA) is 77.8 Å². The summed E-state index contributed by atoms with van der Waals surface area (Å²) in [5, 5.41) is 25.8. The molecule has 0 heterocycles. The fourth-order valence-corrected chi connectivity index (χ4v) is 0.585. The molecule has 0 aromatic heterocycles. The first-order valence-corrected chi connectivity index (χ1v) is 3.21. The lowest BCUT2D eigenvalue weighted by Crippen LogP contribution is -2.25. The Morgan fingerprint density at radius 1 is 1.64 bits per heavy atom. The molecule has 0 saturated carbocycles. The molecule has 11 heavy (non-hydrogen) atoms. The quantitative estimate of drug-likeness (QED) is 0.490. The smallest absolute Gasteiger partial charge is 0.331 e. The average molecular weight is 160 g/mol. The van der Waals surface area contributed by atoms with E-state index in [0.717, 1.165) is 0 Å². The Morgan fingerprint density at radius 2 is 2.09 bits per heavy atom. The van der Waals surface area contributed by atoms with Crippen LogP contribution in [0.5, 0.6) is 0 Å². The minimum absolute atomic E-state index is 0.0912. The van der Waals surface area contributed by atoms with Gasteiger partial charge in [-0.3, -0.25) is 0 Å². The predicted molar refractivity (Wildman–Crippen MR) is 39.0 cm³/mol. The van der Waals surface area contributed by atoms with Crippen LogP contribution in [-0.4, -0.2) is 34.0 Å². The molecule has 0 amide bonds. The van der Waals surface area contributed by atoms with Crippen molar-refractivity contribution in [3.63, 3.8) is 0 Å². The lowest BCUT2D eigenvalue weighted by Gasteiger charge is -2.15. The van der Waals surface area contributed by atoms with Gasteiger partial charge < -0.3 is 15.3 Å². The zero-order valence-corrected chi connectivity index (χ0v) is 6.32. The van der Waals surface area contributed by atoms with Gasteiger partial charge in [0.15, 0.2) is 0 Å². The van der Waals surface area contributed by atoms with Crippen LogP contribution in [0.15, 0.2) is 12.2 Å². The summed E-state index contributed by atoms with van der Waals surface area (Å²) in [5.74, 6) is -1.76. The monoisotopic (exact) mass is 160 g/mol. The highest BCUT2D eigenvalue weighted by atomic mass is 16.4. The van der Waals surface area contributed by atoms with Crippen LogP contribution < -0.4 is 0 Å². The summed E-state index contributed by atoms with van der Waals surface area (Å²) in [7, 11) is 0. The van der Waals surface area contributed by atoms with Gasteiger partial charge in [-0.2, -0.15) is 0 Å². The first-order valence-electron chi connectivity index (χ1n) is 3.21. The van der Waals surface area contributed by atoms with Crippen molar-refractivity contribution in [3.05, 3.63) is 12.2 Å². The van der Waals surface area contributed by atoms with Gasteiger partial charge in [0.25, 0.3) is 0 Å². The number of aliphatic carboxylic acids is 1. The van der Waals surface area contributed by atoms with Crippen LogP contribution in [0.25, 0.3) is 0 Å². The molecule has 0 aliphatic carbocycles. The zero-order valence-electron chi connectivity index (χ0n) is 6.32. The van der Waals surface area contributed by atoms with Crippen molar-refractivity contribution in [2.24, 2.45) is 5.92 Å². The molecule has 0 fully saturated rings. The number of carboxylic acid groups (broad SMARTS) is 1. The summed E-state index contributed by atoms with van der Waals surface area (Å²) < 4.78 is 0. The maximum absolute atomic E-state index is 10.3. The number of aliphatic hydroxyl groups excluding tert-OH is 2. The highest BCUT2D eigenvalue weighted by molar-refractivity contribution is 5.86. The van der Waals surface area contributed by atoms with E-state index in [-0.39, 0.29) is 5.57 Å². The van der Waals surface area contributed by atoms with Crippen LogP contribution in [0.3, 0.4) is 0 Å². The average Bonchev–Trinajstić information content (AvgIpc) is 2.00. The molecule has 4 nitrogen and oxygen atoms in total. The Labute approximate surface area is 64.8 Å². The van der Waals surface area contributed by atoms with Crippen molar-refractivity contribution in [2.45, 2.75) is 13.0 Å². The molecule has 2 unspecified atom stereocenters. The van der Waals surface area contributed by atoms with Gasteiger partial charge in [0.1, 0.15) is 0 Å². The van der Waals surface area contributed by atoms with Crippen molar-refractivity contribution < 1.29 is 20.1 Å². The second-order valence-corrected chi connectivity index (χ2v) is 2.37. The molecule has 0 rings (SSSR count). The van der Waals surface area contributed by atoms with Crippen molar-refractivity contribution in [1.82, 2.24) is 0 Å². The SMILES string of the molecule is C=C(C(=O)O)C(C)C(O)CO. The van der Waals surface area contributed by atoms with E-state index in [1.807, 2.05) is 0 Å². The number of hydrogen-bond donors (Lipinski definition) is 3. The van der Waals surface area contributed by atoms with Crippen molar-refractivity contribution in [3.8, 4) is 0 Å². The van der Waals surface area contributed by atoms with E-state index in [1.165, 1.54) is 6.92 Å². The van der Waals surface area contributed by atoms with Crippen molar-refractivity contribution in [1.29, 1.82) is 0 Å². The molecule has 0 aromatic carbocycles. The molecule has 0 aromatic rings. The summed E-state index contributed by atoms with van der Waals surface area (Å²) in [4.78, 5) is 10.3. The number of carbonyl (C=O) groups is 1. The van der Waals surface area contributed by atoms with E-state index in [9.17, 15) is 4.79 Å². The van der Waals surface area contributed by atoms with E-state index in [2.05, 4.69) is 6.58 Å². The van der Waals surface area contributed by atoms with E-state index in [1.54, 1.807) is 0 Å². The van der Waals surface area contributed by atoms with Crippen LogP contribution in [-0.2, 0) is 4.79 Å². The first-order chi connectivity index (χ1) is 5.00. The molecule has 0 aliphatic rings. The van der Waals surface area contributed by atoms with Crippen molar-refractivity contribution in [2.75, 3.05) is 6.61 Å². The lowest BCUT2D eigenvalue weighted by molar-refractivity contribution is -0.133. The molecular weight excluding hydrogens is 148 g/mol. The van der Waals surface area contributed by atoms with Crippen LogP contribution in [0.2, 0.25) is 0 Å². The highest BCUT2D eigenvalue weighted by Crippen LogP contribution is 2.12. The molecule has 0 spiro atoms. The summed E-state index contributed by atoms with van der Waals surface area (Å²) in [5.41, 5.74) is -0.0912. The van der Waals surface area contributed by atoms with Crippen LogP contribution in [0.4, 0.5) is 0 Å². The van der Waals surface area contributed by atoms with Gasteiger partial charge in [-0.1, -0.05) is 13.5 Å². The summed E-state index contributed by atoms with van der Waals surface area (Å²) >= 11 is 0. The Morgan fingerprint density at radius 3 is 2.36 bits per heavy atom. The number of rotatable bonds is 4. The third-order valence-electron chi connectivity index (χ3n) is 1.59. The Balaban J connectivity index is 4.13. The predicted octanol–water partition coefficient (Wildman–Crippen LogP) is -0.383. The zero-order chi connectivity index (χ0) is 9.02. The normalized spacial score (nSPS) is 15.5. The molecule has 0 radical (unpaired) electrons. The highest BCUT2D eigenvalue weighted by Gasteiger charge is 2.20. The second kappa shape index (κ2) is 4.10. The fourth-order valence-electron chi connectivity index (χ4n) is 0.585. The second-order valence-electron chi connectivity index (χ2n) is 2.37. The van der Waals surface area contributed by atoms with E-state index in [4.69, 9.17) is 15.3 Å². The minimum atomic E-state index is -1.15. The molecule has 0 bridgehead atoms. The number of aliphatic hydroxyl groups is 2. The molecule has 2 atom stereocenters. The molecule has 0 aliphatic heterocycles. The van der Waals surface area contributed by atoms with Crippen LogP contribution in [0.1, 0.15) is 6.92 Å². The fraction of sp³-hybridized carbons (Fsp3) is 0.571. The molecule has 64 valence electrons. The Hall–Kier alpha value is -0.870. The standard InChI is InChI=1S/C7H12O4/c1-4(6(9)3-8)5(2)7(10)11/h4,6,8-9H,2-3H2,1H3,(H,10,11). The van der Waals surface area contributed by atoms with E-state index in [0.29, 0.717) is 0 Å². The van der Waals surface area contributed by atoms with Crippen LogP contribution >= 0.6 is 0 Å². The Bertz CT molecular complexity index is 164. The van der Waals surface area contributed by atoms with Gasteiger partial charge in [0.05, 0.1) is 12.7 Å². The largest absolute Gasteiger partial charge is 0.478 e. The summed E-state index contributed by atoms with van der Waals surface area (Å²) in [6.07, 6.45) is -1.04. The van der Waals surface area contributed by atoms with E-state index < -0.39 is 24.6 Å². The lowest BCUT2D eigenvalue weighted by atomic mass is 9.97. The molecule has 4 heteroatoms. The maximum Gasteiger partial charge on any atom is 0.331 e. The van der Waals surface area contributed by atoms with E-state index >= 15 is 0 Å². The maximum atomic E-state index is 10.3. The number of carboxylic acids is 1. The van der Waals surface area contributed by atoms with Crippen LogP contribution in [0, 0.1) is 5.92 Å². The minimum Gasteiger partial charge on any atom is -0.478 e. The summed E-state index contributed by atoms with van der Waals surface area (Å²) in [6.45, 7) is 4.30. The Kier molecular flexibility index (Phi) is 3.78. The van der Waals surface area contributed by atoms with Gasteiger partial charge in [-0.05, 0) is 0 Å². The third-order valence-corrected chi connectivity index (χ3v) is 1.59. The van der Waals surface area contributed by atoms with Gasteiger partial charge in [-0.15, -0.1) is 0 Å². The van der Waals surface area contributed by atoms with Crippen molar-refractivity contribution >= 4 is 5.97 Å². The molecule has 3 N–H and O–H groups in total. The summed E-state index contributed by atoms with van der Waals surface area (Å²) in [6, 6.07) is 0. The third kappa shape index (κ3) is 2.69. The first kappa shape index (κ1) is 10.1.